The highest BCUT2D eigenvalue weighted by atomic mass is 79.9. The number of nitrogens with one attached hydrogen (secondary N) is 1. The average molecular weight is 539 g/mol. The van der Waals surface area contributed by atoms with Gasteiger partial charge in [0.1, 0.15) is 18.0 Å². The average Bonchev–Trinajstić information content (AvgIpc) is 2.82. The van der Waals surface area contributed by atoms with E-state index < -0.39 is 23.7 Å². The molecular weight excluding hydrogens is 519 g/mol. The van der Waals surface area contributed by atoms with Gasteiger partial charge in [0.2, 0.25) is 0 Å². The zero-order valence-corrected chi connectivity index (χ0v) is 20.4. The molecule has 0 unspecified atom stereocenters. The number of rotatable bonds is 6. The molecule has 1 aliphatic rings. The fourth-order valence-electron chi connectivity index (χ4n) is 3.53. The molecular formula is C26H20BrFN2O5. The Bertz CT molecular complexity index is 1350. The van der Waals surface area contributed by atoms with Crippen molar-refractivity contribution in [3.8, 4) is 11.5 Å². The number of carbonyl (C=O) groups excluding carboxylic acids is 3. The first-order chi connectivity index (χ1) is 16.8. The molecule has 4 amide bonds. The molecule has 178 valence electrons. The van der Waals surface area contributed by atoms with Crippen LogP contribution in [0.25, 0.3) is 6.08 Å². The van der Waals surface area contributed by atoms with E-state index in [1.54, 1.807) is 12.1 Å². The molecule has 0 aliphatic carbocycles. The highest BCUT2D eigenvalue weighted by molar-refractivity contribution is 9.10. The minimum absolute atomic E-state index is 0.129. The molecule has 4 rings (SSSR count). The van der Waals surface area contributed by atoms with Crippen LogP contribution in [0.2, 0.25) is 0 Å². The van der Waals surface area contributed by atoms with Crippen molar-refractivity contribution >= 4 is 45.5 Å². The lowest BCUT2D eigenvalue weighted by molar-refractivity contribution is -0.122. The lowest BCUT2D eigenvalue weighted by Crippen LogP contribution is -2.54. The molecule has 0 spiro atoms. The smallest absolute Gasteiger partial charge is 0.335 e. The molecule has 7 nitrogen and oxygen atoms in total. The third-order valence-corrected chi connectivity index (χ3v) is 5.93. The zero-order valence-electron chi connectivity index (χ0n) is 18.8. The summed E-state index contributed by atoms with van der Waals surface area (Å²) in [5, 5.41) is 2.14. The van der Waals surface area contributed by atoms with Crippen LogP contribution in [0, 0.1) is 12.7 Å². The van der Waals surface area contributed by atoms with Crippen molar-refractivity contribution in [2.75, 3.05) is 12.0 Å². The van der Waals surface area contributed by atoms with Crippen LogP contribution < -0.4 is 19.7 Å². The van der Waals surface area contributed by atoms with Crippen LogP contribution in [-0.4, -0.2) is 25.0 Å². The third kappa shape index (κ3) is 5.25. The van der Waals surface area contributed by atoms with E-state index in [0.29, 0.717) is 28.1 Å². The van der Waals surface area contributed by atoms with E-state index in [2.05, 4.69) is 21.2 Å². The second-order valence-corrected chi connectivity index (χ2v) is 8.59. The summed E-state index contributed by atoms with van der Waals surface area (Å²) in [6.07, 6.45) is 1.34. The van der Waals surface area contributed by atoms with Crippen molar-refractivity contribution in [2.24, 2.45) is 0 Å². The standard InChI is InChI=1S/C26H20BrFN2O5/c1-15-4-3-5-16(10-15)14-35-23-13-21(27)17(12-22(23)34-2)11-20-24(31)29-26(33)30(25(20)32)19-8-6-18(28)7-9-19/h3-13H,14H2,1-2H3,(H,29,31,33)/b20-11+. The lowest BCUT2D eigenvalue weighted by atomic mass is 10.1. The van der Waals surface area contributed by atoms with Crippen molar-refractivity contribution in [3.05, 3.63) is 93.2 Å². The minimum atomic E-state index is -0.916. The van der Waals surface area contributed by atoms with Crippen LogP contribution >= 0.6 is 15.9 Å². The van der Waals surface area contributed by atoms with Gasteiger partial charge in [-0.2, -0.15) is 0 Å². The molecule has 0 bridgehead atoms. The molecule has 0 radical (unpaired) electrons. The number of halogens is 2. The predicted molar refractivity (Wildman–Crippen MR) is 132 cm³/mol. The number of benzene rings is 3. The van der Waals surface area contributed by atoms with Crippen molar-refractivity contribution < 1.29 is 28.2 Å². The van der Waals surface area contributed by atoms with Gasteiger partial charge >= 0.3 is 6.03 Å². The molecule has 0 saturated carbocycles. The van der Waals surface area contributed by atoms with E-state index in [1.165, 1.54) is 25.3 Å². The van der Waals surface area contributed by atoms with Crippen LogP contribution in [-0.2, 0) is 16.2 Å². The molecule has 1 fully saturated rings. The number of hydrogen-bond donors (Lipinski definition) is 1. The Morgan fingerprint density at radius 2 is 1.77 bits per heavy atom. The maximum Gasteiger partial charge on any atom is 0.335 e. The fourth-order valence-corrected chi connectivity index (χ4v) is 3.97. The SMILES string of the molecule is COc1cc(/C=C2\C(=O)NC(=O)N(c3ccc(F)cc3)C2=O)c(Br)cc1OCc1cccc(C)c1. The molecule has 9 heteroatoms. The topological polar surface area (TPSA) is 84.9 Å². The van der Waals surface area contributed by atoms with Gasteiger partial charge in [-0.15, -0.1) is 0 Å². The summed E-state index contributed by atoms with van der Waals surface area (Å²) in [7, 11) is 1.48. The van der Waals surface area contributed by atoms with Gasteiger partial charge < -0.3 is 9.47 Å². The van der Waals surface area contributed by atoms with Gasteiger partial charge in [-0.3, -0.25) is 14.9 Å². The quantitative estimate of drug-likeness (QED) is 0.346. The largest absolute Gasteiger partial charge is 0.493 e. The number of barbiturate groups is 1. The van der Waals surface area contributed by atoms with E-state index in [0.717, 1.165) is 28.2 Å². The molecule has 1 N–H and O–H groups in total. The van der Waals surface area contributed by atoms with E-state index in [9.17, 15) is 18.8 Å². The maximum atomic E-state index is 13.3. The summed E-state index contributed by atoms with van der Waals surface area (Å²) in [5.74, 6) is -1.35. The zero-order chi connectivity index (χ0) is 25.1. The Morgan fingerprint density at radius 1 is 1.03 bits per heavy atom. The first-order valence-corrected chi connectivity index (χ1v) is 11.3. The first-order valence-electron chi connectivity index (χ1n) is 10.5. The molecule has 0 atom stereocenters. The second kappa shape index (κ2) is 10.1. The molecule has 35 heavy (non-hydrogen) atoms. The van der Waals surface area contributed by atoms with Gasteiger partial charge in [0.05, 0.1) is 12.8 Å². The molecule has 1 saturated heterocycles. The van der Waals surface area contributed by atoms with Crippen molar-refractivity contribution in [1.82, 2.24) is 5.32 Å². The van der Waals surface area contributed by atoms with Crippen molar-refractivity contribution in [3.63, 3.8) is 0 Å². The minimum Gasteiger partial charge on any atom is -0.493 e. The van der Waals surface area contributed by atoms with Crippen LogP contribution in [0.5, 0.6) is 11.5 Å². The highest BCUT2D eigenvalue weighted by Crippen LogP contribution is 2.35. The van der Waals surface area contributed by atoms with Gasteiger partial charge in [-0.05, 0) is 60.5 Å². The monoisotopic (exact) mass is 538 g/mol. The Morgan fingerprint density at radius 3 is 2.46 bits per heavy atom. The lowest BCUT2D eigenvalue weighted by Gasteiger charge is -2.26. The van der Waals surface area contributed by atoms with Gasteiger partial charge in [0, 0.05) is 4.47 Å². The van der Waals surface area contributed by atoms with Crippen LogP contribution in [0.1, 0.15) is 16.7 Å². The number of amides is 4. The normalized spacial score (nSPS) is 14.8. The number of methoxy groups -OCH3 is 1. The van der Waals surface area contributed by atoms with Crippen molar-refractivity contribution in [2.45, 2.75) is 13.5 Å². The van der Waals surface area contributed by atoms with Crippen LogP contribution in [0.15, 0.2) is 70.7 Å². The summed E-state index contributed by atoms with van der Waals surface area (Å²) >= 11 is 3.45. The number of urea groups is 1. The van der Waals surface area contributed by atoms with Crippen molar-refractivity contribution in [1.29, 1.82) is 0 Å². The van der Waals surface area contributed by atoms with E-state index in [4.69, 9.17) is 9.47 Å². The Balaban J connectivity index is 1.64. The second-order valence-electron chi connectivity index (χ2n) is 7.74. The van der Waals surface area contributed by atoms with E-state index >= 15 is 0 Å². The Labute approximate surface area is 209 Å². The number of anilines is 1. The number of ether oxygens (including phenoxy) is 2. The van der Waals surface area contributed by atoms with Gasteiger partial charge in [-0.25, -0.2) is 14.1 Å². The summed E-state index contributed by atoms with van der Waals surface area (Å²) in [5.41, 5.74) is 2.42. The number of hydrogen-bond acceptors (Lipinski definition) is 5. The van der Waals surface area contributed by atoms with Crippen LogP contribution in [0.3, 0.4) is 0 Å². The molecule has 0 aromatic heterocycles. The Hall–Kier alpha value is -3.98. The van der Waals surface area contributed by atoms with Gasteiger partial charge in [0.25, 0.3) is 11.8 Å². The number of aryl methyl sites for hydroxylation is 1. The molecule has 1 heterocycles. The molecule has 3 aromatic carbocycles. The van der Waals surface area contributed by atoms with E-state index in [1.807, 2.05) is 31.2 Å². The summed E-state index contributed by atoms with van der Waals surface area (Å²) in [6, 6.07) is 15.1. The molecule has 3 aromatic rings. The number of imide groups is 2. The van der Waals surface area contributed by atoms with E-state index in [-0.39, 0.29) is 11.3 Å². The Kier molecular flexibility index (Phi) is 6.97. The maximum absolute atomic E-state index is 13.3. The first kappa shape index (κ1) is 24.2. The summed E-state index contributed by atoms with van der Waals surface area (Å²) < 4.78 is 25.2. The highest BCUT2D eigenvalue weighted by Gasteiger charge is 2.37. The number of carbonyl (C=O) groups is 3. The summed E-state index contributed by atoms with van der Waals surface area (Å²) in [6.45, 7) is 2.32. The van der Waals surface area contributed by atoms with Gasteiger partial charge in [0.15, 0.2) is 11.5 Å². The van der Waals surface area contributed by atoms with Gasteiger partial charge in [-0.1, -0.05) is 45.8 Å². The fraction of sp³-hybridized carbons (Fsp3) is 0.115. The molecule has 1 aliphatic heterocycles. The third-order valence-electron chi connectivity index (χ3n) is 5.25. The summed E-state index contributed by atoms with van der Waals surface area (Å²) in [4.78, 5) is 38.7. The predicted octanol–water partition coefficient (Wildman–Crippen LogP) is 5.15. The van der Waals surface area contributed by atoms with Crippen LogP contribution in [0.4, 0.5) is 14.9 Å². The number of nitrogens with zero attached hydrogens (tertiary/aromatic N) is 1.